The summed E-state index contributed by atoms with van der Waals surface area (Å²) in [6.07, 6.45) is -2.52. The van der Waals surface area contributed by atoms with E-state index < -0.39 is 56.3 Å². The maximum atomic E-state index is 15.1. The number of nitrogens with two attached hydrogens (primary N) is 1. The van der Waals surface area contributed by atoms with Gasteiger partial charge in [-0.2, -0.15) is 8.78 Å². The van der Waals surface area contributed by atoms with Crippen molar-refractivity contribution < 1.29 is 35.7 Å². The number of thiol groups is 1. The number of pyridine rings is 2. The average molecular weight is 563 g/mol. The summed E-state index contributed by atoms with van der Waals surface area (Å²) < 4.78 is 86.4. The second kappa shape index (κ2) is 9.52. The van der Waals surface area contributed by atoms with Gasteiger partial charge in [0, 0.05) is 6.54 Å². The normalized spacial score (nSPS) is 24.9. The van der Waals surface area contributed by atoms with Crippen LogP contribution in [0.1, 0.15) is 43.4 Å². The number of aromatic nitrogens is 2. The maximum absolute atomic E-state index is 15.1. The SMILES string of the molecule is CC1(C)C(N)=N[C@](C)(c2nc(NC(=O)c3ccc(OCC(F)(F)C(F)F)cn3)ccc2F)[C@@H]2CCN[SH]21=O. The number of carbonyl (C=O) groups is 1. The fraction of sp³-hybridized carbons (Fsp3) is 0.478. The lowest BCUT2D eigenvalue weighted by Crippen LogP contribution is -2.64. The molecular formula is C23H27F5N6O3S. The van der Waals surface area contributed by atoms with Crippen LogP contribution >= 0.6 is 0 Å². The molecule has 0 spiro atoms. The van der Waals surface area contributed by atoms with E-state index in [1.54, 1.807) is 20.8 Å². The maximum Gasteiger partial charge on any atom is 0.340 e. The van der Waals surface area contributed by atoms with Gasteiger partial charge in [0.25, 0.3) is 5.91 Å². The Balaban J connectivity index is 1.56. The number of amides is 1. The third-order valence-electron chi connectivity index (χ3n) is 6.95. The smallest absolute Gasteiger partial charge is 0.340 e. The molecule has 208 valence electrons. The summed E-state index contributed by atoms with van der Waals surface area (Å²) in [5.41, 5.74) is 4.51. The van der Waals surface area contributed by atoms with Crippen molar-refractivity contribution in [1.82, 2.24) is 14.7 Å². The first kappa shape index (κ1) is 27.8. The molecule has 0 bridgehead atoms. The van der Waals surface area contributed by atoms with E-state index in [0.717, 1.165) is 24.4 Å². The Labute approximate surface area is 216 Å². The van der Waals surface area contributed by atoms with E-state index in [-0.39, 0.29) is 28.8 Å². The van der Waals surface area contributed by atoms with E-state index in [1.807, 2.05) is 0 Å². The Morgan fingerprint density at radius 1 is 1.29 bits per heavy atom. The summed E-state index contributed by atoms with van der Waals surface area (Å²) in [5.74, 6) is -6.04. The monoisotopic (exact) mass is 562 g/mol. The Morgan fingerprint density at radius 3 is 2.63 bits per heavy atom. The van der Waals surface area contributed by atoms with Crippen LogP contribution in [0.3, 0.4) is 0 Å². The Morgan fingerprint density at radius 2 is 2.00 bits per heavy atom. The molecule has 2 aromatic heterocycles. The highest BCUT2D eigenvalue weighted by Crippen LogP contribution is 2.48. The highest BCUT2D eigenvalue weighted by Gasteiger charge is 2.59. The number of hydrogen-bond donors (Lipinski definition) is 4. The second-order valence-corrected chi connectivity index (χ2v) is 13.2. The number of aliphatic imine (C=N–C) groups is 1. The molecule has 0 saturated carbocycles. The lowest BCUT2D eigenvalue weighted by Gasteiger charge is -2.50. The van der Waals surface area contributed by atoms with Crippen LogP contribution < -0.4 is 20.5 Å². The van der Waals surface area contributed by atoms with Crippen LogP contribution in [-0.2, 0) is 15.7 Å². The van der Waals surface area contributed by atoms with Gasteiger partial charge in [-0.1, -0.05) is 0 Å². The minimum Gasteiger partial charge on any atom is -0.485 e. The summed E-state index contributed by atoms with van der Waals surface area (Å²) in [6, 6.07) is 4.55. The number of amidine groups is 1. The highest BCUT2D eigenvalue weighted by atomic mass is 32.3. The predicted octanol–water partition coefficient (Wildman–Crippen LogP) is 2.81. The quantitative estimate of drug-likeness (QED) is 0.303. The van der Waals surface area contributed by atoms with E-state index in [4.69, 9.17) is 5.73 Å². The molecule has 9 nitrogen and oxygen atoms in total. The number of ether oxygens (including phenoxy) is 1. The van der Waals surface area contributed by atoms with Gasteiger partial charge >= 0.3 is 12.3 Å². The van der Waals surface area contributed by atoms with Crippen LogP contribution in [0, 0.1) is 5.82 Å². The molecule has 1 saturated heterocycles. The zero-order chi connectivity index (χ0) is 28.1. The molecular weight excluding hydrogens is 535 g/mol. The Kier molecular flexibility index (Phi) is 6.97. The largest absolute Gasteiger partial charge is 0.485 e. The first-order valence-electron chi connectivity index (χ1n) is 11.6. The molecule has 0 unspecified atom stereocenters. The summed E-state index contributed by atoms with van der Waals surface area (Å²) in [5, 5.41) is 1.88. The number of rotatable bonds is 7. The van der Waals surface area contributed by atoms with Gasteiger partial charge in [-0.05, 0) is 61.6 Å². The molecule has 4 rings (SSSR count). The van der Waals surface area contributed by atoms with Crippen molar-refractivity contribution >= 4 is 27.7 Å². The molecule has 4 N–H and O–H groups in total. The van der Waals surface area contributed by atoms with Crippen molar-refractivity contribution in [2.24, 2.45) is 10.7 Å². The molecule has 0 aliphatic carbocycles. The third-order valence-corrected chi connectivity index (χ3v) is 11.2. The molecule has 0 radical (unpaired) electrons. The van der Waals surface area contributed by atoms with E-state index in [9.17, 15) is 26.6 Å². The number of carbonyl (C=O) groups excluding carboxylic acids is 1. The van der Waals surface area contributed by atoms with Crippen molar-refractivity contribution in [3.8, 4) is 5.75 Å². The zero-order valence-electron chi connectivity index (χ0n) is 20.6. The van der Waals surface area contributed by atoms with Crippen LogP contribution in [0.5, 0.6) is 5.75 Å². The number of hydrogen-bond acceptors (Lipinski definition) is 7. The van der Waals surface area contributed by atoms with Gasteiger partial charge in [-0.3, -0.25) is 18.7 Å². The van der Waals surface area contributed by atoms with Crippen LogP contribution in [0.4, 0.5) is 27.8 Å². The number of halogens is 5. The minimum atomic E-state index is -4.34. The fourth-order valence-electron chi connectivity index (χ4n) is 4.61. The number of anilines is 1. The first-order chi connectivity index (χ1) is 17.6. The van der Waals surface area contributed by atoms with Crippen molar-refractivity contribution in [1.29, 1.82) is 0 Å². The topological polar surface area (TPSA) is 132 Å². The summed E-state index contributed by atoms with van der Waals surface area (Å²) >= 11 is 0. The summed E-state index contributed by atoms with van der Waals surface area (Å²) in [7, 11) is -3.17. The van der Waals surface area contributed by atoms with Crippen molar-refractivity contribution in [3.05, 3.63) is 47.7 Å². The van der Waals surface area contributed by atoms with Gasteiger partial charge in [-0.25, -0.2) is 23.1 Å². The van der Waals surface area contributed by atoms with E-state index in [0.29, 0.717) is 13.0 Å². The second-order valence-electron chi connectivity index (χ2n) is 9.78. The lowest BCUT2D eigenvalue weighted by molar-refractivity contribution is -0.148. The van der Waals surface area contributed by atoms with E-state index in [2.05, 4.69) is 29.7 Å². The highest BCUT2D eigenvalue weighted by molar-refractivity contribution is 8.04. The fourth-order valence-corrected chi connectivity index (χ4v) is 8.24. The van der Waals surface area contributed by atoms with E-state index in [1.165, 1.54) is 6.07 Å². The van der Waals surface area contributed by atoms with Gasteiger partial charge < -0.3 is 15.8 Å². The number of fused-ring (bicyclic) bond motifs is 1. The van der Waals surface area contributed by atoms with Crippen LogP contribution in [-0.4, -0.2) is 61.4 Å². The van der Waals surface area contributed by atoms with Crippen molar-refractivity contribution in [2.75, 3.05) is 18.5 Å². The molecule has 38 heavy (non-hydrogen) atoms. The molecule has 0 aromatic carbocycles. The van der Waals surface area contributed by atoms with Gasteiger partial charge in [0.1, 0.15) is 40.1 Å². The minimum absolute atomic E-state index is 0.0503. The average Bonchev–Trinajstić information content (AvgIpc) is 3.28. The van der Waals surface area contributed by atoms with Gasteiger partial charge in [-0.15, -0.1) is 0 Å². The van der Waals surface area contributed by atoms with Crippen molar-refractivity contribution in [3.63, 3.8) is 0 Å². The Bertz CT molecular complexity index is 1320. The van der Waals surface area contributed by atoms with E-state index >= 15 is 4.39 Å². The predicted molar refractivity (Wildman–Crippen MR) is 132 cm³/mol. The molecule has 2 aliphatic rings. The summed E-state index contributed by atoms with van der Waals surface area (Å²) in [4.78, 5) is 25.3. The number of nitrogens with zero attached hydrogens (tertiary/aromatic N) is 3. The molecule has 2 aliphatic heterocycles. The zero-order valence-corrected chi connectivity index (χ0v) is 21.5. The number of alkyl halides is 4. The van der Waals surface area contributed by atoms with Gasteiger partial charge in [0.05, 0.1) is 16.2 Å². The van der Waals surface area contributed by atoms with Crippen LogP contribution in [0.2, 0.25) is 0 Å². The van der Waals surface area contributed by atoms with Gasteiger partial charge in [0.15, 0.2) is 6.61 Å². The first-order valence-corrected chi connectivity index (χ1v) is 13.3. The van der Waals surface area contributed by atoms with Gasteiger partial charge in [0.2, 0.25) is 0 Å². The molecule has 1 amide bonds. The molecule has 15 heteroatoms. The standard InChI is InChI=1S/C23H27F5N6O3S/c1-21(2)20(29)34-22(3,15-8-9-31-38(15,21)36)17-13(24)5-7-16(32-17)33-18(35)14-6-4-12(10-30-14)37-11-23(27,28)19(25)26/h4-7,10,15,19,38H,8-9,11H2,1-3H3,(H2,29,34)(H,31,36)(H,32,33,35)/t15-,22-/m0/s1. The van der Waals surface area contributed by atoms with Crippen molar-refractivity contribution in [2.45, 2.75) is 55.1 Å². The lowest BCUT2D eigenvalue weighted by atomic mass is 9.90. The van der Waals surface area contributed by atoms with Crippen LogP contribution in [0.15, 0.2) is 35.5 Å². The molecule has 2 atom stereocenters. The molecule has 1 fully saturated rings. The molecule has 4 heterocycles. The Hall–Kier alpha value is -3.20. The van der Waals surface area contributed by atoms with Crippen LogP contribution in [0.25, 0.3) is 0 Å². The third kappa shape index (κ3) is 4.61. The summed E-state index contributed by atoms with van der Waals surface area (Å²) in [6.45, 7) is 3.94. The molecule has 2 aromatic rings. The number of nitrogens with one attached hydrogen (secondary N) is 2.